The average Bonchev–Trinajstić information content (AvgIpc) is 2.19. The van der Waals surface area contributed by atoms with Crippen molar-refractivity contribution in [3.63, 3.8) is 0 Å². The van der Waals surface area contributed by atoms with Gasteiger partial charge in [0.05, 0.1) is 7.11 Å². The number of benzene rings is 1. The minimum absolute atomic E-state index is 0.0304. The fourth-order valence-electron chi connectivity index (χ4n) is 1.34. The molecule has 0 saturated carbocycles. The van der Waals surface area contributed by atoms with Gasteiger partial charge in [-0.2, -0.15) is 0 Å². The molecule has 1 aromatic carbocycles. The first-order valence-corrected chi connectivity index (χ1v) is 4.82. The molecule has 2 nitrogen and oxygen atoms in total. The van der Waals surface area contributed by atoms with Crippen LogP contribution in [0.2, 0.25) is 0 Å². The smallest absolute Gasteiger partial charge is 0.162 e. The molecule has 0 saturated heterocycles. The van der Waals surface area contributed by atoms with E-state index in [1.807, 2.05) is 6.92 Å². The third-order valence-corrected chi connectivity index (χ3v) is 2.19. The Kier molecular flexibility index (Phi) is 4.03. The van der Waals surface area contributed by atoms with Crippen LogP contribution in [0.1, 0.15) is 18.9 Å². The van der Waals surface area contributed by atoms with Crippen LogP contribution < -0.4 is 10.5 Å². The second-order valence-corrected chi connectivity index (χ2v) is 3.59. The molecule has 0 fully saturated rings. The number of aryl methyl sites for hydroxylation is 1. The predicted octanol–water partition coefficient (Wildman–Crippen LogP) is 2.25. The van der Waals surface area contributed by atoms with E-state index in [0.717, 1.165) is 12.1 Å². The van der Waals surface area contributed by atoms with Crippen LogP contribution in [0.5, 0.6) is 5.75 Å². The first kappa shape index (κ1) is 11.9. The number of halogens is 2. The van der Waals surface area contributed by atoms with E-state index in [4.69, 9.17) is 10.5 Å². The molecule has 4 heteroatoms. The quantitative estimate of drug-likeness (QED) is 0.836. The van der Waals surface area contributed by atoms with Crippen LogP contribution in [0, 0.1) is 11.6 Å². The Morgan fingerprint density at radius 1 is 1.33 bits per heavy atom. The Balaban J connectivity index is 2.89. The van der Waals surface area contributed by atoms with E-state index in [2.05, 4.69) is 0 Å². The maximum absolute atomic E-state index is 13.0. The molecule has 0 radical (unpaired) electrons. The maximum atomic E-state index is 13.0. The van der Waals surface area contributed by atoms with Gasteiger partial charge >= 0.3 is 0 Å². The van der Waals surface area contributed by atoms with Gasteiger partial charge in [0.15, 0.2) is 11.6 Å². The van der Waals surface area contributed by atoms with E-state index in [-0.39, 0.29) is 6.04 Å². The molecule has 0 aromatic heterocycles. The van der Waals surface area contributed by atoms with E-state index < -0.39 is 11.6 Å². The highest BCUT2D eigenvalue weighted by molar-refractivity contribution is 5.34. The van der Waals surface area contributed by atoms with Gasteiger partial charge < -0.3 is 10.5 Å². The van der Waals surface area contributed by atoms with E-state index in [9.17, 15) is 8.78 Å². The topological polar surface area (TPSA) is 35.2 Å². The Morgan fingerprint density at radius 3 is 2.47 bits per heavy atom. The molecule has 0 spiro atoms. The minimum Gasteiger partial charge on any atom is -0.496 e. The highest BCUT2D eigenvalue weighted by Gasteiger charge is 2.10. The van der Waals surface area contributed by atoms with Gasteiger partial charge in [-0.15, -0.1) is 0 Å². The predicted molar refractivity (Wildman–Crippen MR) is 54.9 cm³/mol. The van der Waals surface area contributed by atoms with Crippen molar-refractivity contribution in [1.82, 2.24) is 0 Å². The lowest BCUT2D eigenvalue weighted by molar-refractivity contribution is 0.399. The monoisotopic (exact) mass is 215 g/mol. The summed E-state index contributed by atoms with van der Waals surface area (Å²) in [5.41, 5.74) is 6.24. The molecule has 1 atom stereocenters. The van der Waals surface area contributed by atoms with Crippen molar-refractivity contribution in [3.05, 3.63) is 29.3 Å². The first-order chi connectivity index (χ1) is 7.04. The summed E-state index contributed by atoms with van der Waals surface area (Å²) in [6.07, 6.45) is 1.29. The molecule has 0 bridgehead atoms. The largest absolute Gasteiger partial charge is 0.496 e. The minimum atomic E-state index is -0.892. The lowest BCUT2D eigenvalue weighted by atomic mass is 10.1. The molecular weight excluding hydrogens is 200 g/mol. The number of hydrogen-bond donors (Lipinski definition) is 1. The zero-order valence-electron chi connectivity index (χ0n) is 8.89. The van der Waals surface area contributed by atoms with Gasteiger partial charge in [0.1, 0.15) is 5.75 Å². The third kappa shape index (κ3) is 3.16. The highest BCUT2D eigenvalue weighted by atomic mass is 19.2. The first-order valence-electron chi connectivity index (χ1n) is 4.82. The van der Waals surface area contributed by atoms with Crippen molar-refractivity contribution >= 4 is 0 Å². The van der Waals surface area contributed by atoms with E-state index >= 15 is 0 Å². The van der Waals surface area contributed by atoms with Crippen molar-refractivity contribution < 1.29 is 13.5 Å². The number of methoxy groups -OCH3 is 1. The fraction of sp³-hybridized carbons (Fsp3) is 0.455. The van der Waals surface area contributed by atoms with E-state index in [1.54, 1.807) is 0 Å². The number of nitrogens with two attached hydrogens (primary N) is 1. The molecule has 15 heavy (non-hydrogen) atoms. The highest BCUT2D eigenvalue weighted by Crippen LogP contribution is 2.23. The summed E-state index contributed by atoms with van der Waals surface area (Å²) in [6.45, 7) is 1.87. The van der Waals surface area contributed by atoms with Crippen molar-refractivity contribution in [2.24, 2.45) is 5.73 Å². The molecule has 1 aromatic rings. The fourth-order valence-corrected chi connectivity index (χ4v) is 1.34. The SMILES string of the molecule is COc1cc(F)c(F)cc1CCC(C)N. The van der Waals surface area contributed by atoms with E-state index in [0.29, 0.717) is 24.2 Å². The molecule has 1 rings (SSSR count). The molecule has 0 heterocycles. The summed E-state index contributed by atoms with van der Waals surface area (Å²) in [4.78, 5) is 0. The van der Waals surface area contributed by atoms with Crippen LogP contribution in [-0.2, 0) is 6.42 Å². The zero-order chi connectivity index (χ0) is 11.4. The average molecular weight is 215 g/mol. The van der Waals surface area contributed by atoms with Crippen molar-refractivity contribution in [2.45, 2.75) is 25.8 Å². The van der Waals surface area contributed by atoms with Crippen molar-refractivity contribution in [3.8, 4) is 5.75 Å². The number of hydrogen-bond acceptors (Lipinski definition) is 2. The van der Waals surface area contributed by atoms with Crippen molar-refractivity contribution in [2.75, 3.05) is 7.11 Å². The second kappa shape index (κ2) is 5.07. The van der Waals surface area contributed by atoms with Gasteiger partial charge in [-0.1, -0.05) is 0 Å². The molecule has 0 amide bonds. The van der Waals surface area contributed by atoms with Gasteiger partial charge in [0.2, 0.25) is 0 Å². The zero-order valence-corrected chi connectivity index (χ0v) is 8.89. The van der Waals surface area contributed by atoms with Gasteiger partial charge in [0, 0.05) is 12.1 Å². The van der Waals surface area contributed by atoms with Crippen LogP contribution in [0.4, 0.5) is 8.78 Å². The molecular formula is C11H15F2NO. The molecule has 2 N–H and O–H groups in total. The van der Waals surface area contributed by atoms with Gasteiger partial charge in [-0.05, 0) is 31.4 Å². The molecule has 0 aliphatic carbocycles. The molecule has 0 aliphatic heterocycles. The molecule has 84 valence electrons. The Morgan fingerprint density at radius 2 is 1.93 bits per heavy atom. The Bertz CT molecular complexity index is 340. The maximum Gasteiger partial charge on any atom is 0.162 e. The summed E-state index contributed by atoms with van der Waals surface area (Å²) >= 11 is 0. The van der Waals surface area contributed by atoms with Crippen LogP contribution in [0.3, 0.4) is 0 Å². The van der Waals surface area contributed by atoms with Crippen LogP contribution in [0.15, 0.2) is 12.1 Å². The van der Waals surface area contributed by atoms with Gasteiger partial charge in [-0.25, -0.2) is 8.78 Å². The number of rotatable bonds is 4. The van der Waals surface area contributed by atoms with Crippen LogP contribution >= 0.6 is 0 Å². The Labute approximate surface area is 88.0 Å². The van der Waals surface area contributed by atoms with Crippen LogP contribution in [0.25, 0.3) is 0 Å². The summed E-state index contributed by atoms with van der Waals surface area (Å²) in [7, 11) is 1.43. The lowest BCUT2D eigenvalue weighted by Gasteiger charge is -2.10. The number of ether oxygens (including phenoxy) is 1. The van der Waals surface area contributed by atoms with Gasteiger partial charge in [0.25, 0.3) is 0 Å². The standard InChI is InChI=1S/C11H15F2NO/c1-7(14)3-4-8-5-9(12)10(13)6-11(8)15-2/h5-7H,3-4,14H2,1-2H3. The van der Waals surface area contributed by atoms with E-state index in [1.165, 1.54) is 7.11 Å². The lowest BCUT2D eigenvalue weighted by Crippen LogP contribution is -2.15. The second-order valence-electron chi connectivity index (χ2n) is 3.59. The summed E-state index contributed by atoms with van der Waals surface area (Å²) < 4.78 is 30.8. The summed E-state index contributed by atoms with van der Waals surface area (Å²) in [5.74, 6) is -1.37. The summed E-state index contributed by atoms with van der Waals surface area (Å²) in [5, 5.41) is 0. The molecule has 1 unspecified atom stereocenters. The van der Waals surface area contributed by atoms with Crippen molar-refractivity contribution in [1.29, 1.82) is 0 Å². The van der Waals surface area contributed by atoms with Gasteiger partial charge in [-0.3, -0.25) is 0 Å². The summed E-state index contributed by atoms with van der Waals surface area (Å²) in [6, 6.07) is 2.25. The third-order valence-electron chi connectivity index (χ3n) is 2.19. The Hall–Kier alpha value is -1.16. The molecule has 0 aliphatic rings. The van der Waals surface area contributed by atoms with Crippen LogP contribution in [-0.4, -0.2) is 13.2 Å². The normalized spacial score (nSPS) is 12.6.